The van der Waals surface area contributed by atoms with Crippen LogP contribution in [0.5, 0.6) is 11.5 Å². The monoisotopic (exact) mass is 537 g/mol. The second kappa shape index (κ2) is 11.0. The third kappa shape index (κ3) is 7.04. The molecule has 0 saturated carbocycles. The Kier molecular flexibility index (Phi) is 8.40. The molecule has 0 aliphatic carbocycles. The maximum absolute atomic E-state index is 13.7. The fraction of sp³-hybridized carbons (Fsp3) is 0.440. The lowest BCUT2D eigenvalue weighted by molar-refractivity contribution is -0.141. The molecule has 196 valence electrons. The summed E-state index contributed by atoms with van der Waals surface area (Å²) in [5, 5.41) is 3.47. The van der Waals surface area contributed by atoms with E-state index >= 15 is 0 Å². The van der Waals surface area contributed by atoms with Gasteiger partial charge in [0.25, 0.3) is 0 Å². The molecule has 1 heterocycles. The zero-order chi connectivity index (χ0) is 26.7. The number of carbonyl (C=O) groups is 2. The van der Waals surface area contributed by atoms with E-state index in [1.54, 1.807) is 43.3 Å². The van der Waals surface area contributed by atoms with E-state index in [1.807, 2.05) is 20.8 Å². The van der Waals surface area contributed by atoms with Gasteiger partial charge in [-0.05, 0) is 57.0 Å². The van der Waals surface area contributed by atoms with Crippen LogP contribution < -0.4 is 19.1 Å². The third-order valence-corrected chi connectivity index (χ3v) is 6.87. The molecule has 2 aromatic carbocycles. The largest absolute Gasteiger partial charge is 0.454 e. The number of ether oxygens (including phenoxy) is 2. The van der Waals surface area contributed by atoms with Crippen LogP contribution in [0.3, 0.4) is 0 Å². The first kappa shape index (κ1) is 27.6. The molecule has 0 unspecified atom stereocenters. The number of amides is 2. The standard InChI is InChI=1S/C25H32ClN3O6S/c1-6-20(24(31)27-25(2,3)4)28(14-17-7-9-18(26)10-8-17)23(30)15-29(36(5,32)33)19-11-12-21-22(13-19)35-16-34-21/h7-13,20H,6,14-16H2,1-5H3,(H,27,31)/t20-/m1/s1. The number of hydrogen-bond donors (Lipinski definition) is 1. The Balaban J connectivity index is 1.95. The van der Waals surface area contributed by atoms with Crippen LogP contribution in [-0.2, 0) is 26.2 Å². The summed E-state index contributed by atoms with van der Waals surface area (Å²) in [6.45, 7) is 7.01. The molecular weight excluding hydrogens is 506 g/mol. The van der Waals surface area contributed by atoms with Crippen LogP contribution in [0.15, 0.2) is 42.5 Å². The summed E-state index contributed by atoms with van der Waals surface area (Å²) >= 11 is 6.01. The number of nitrogens with zero attached hydrogens (tertiary/aromatic N) is 2. The molecule has 0 bridgehead atoms. The zero-order valence-electron chi connectivity index (χ0n) is 21.1. The van der Waals surface area contributed by atoms with Crippen molar-refractivity contribution >= 4 is 39.1 Å². The highest BCUT2D eigenvalue weighted by molar-refractivity contribution is 7.92. The third-order valence-electron chi connectivity index (χ3n) is 5.47. The Morgan fingerprint density at radius 3 is 2.31 bits per heavy atom. The average Bonchev–Trinajstić information content (AvgIpc) is 3.24. The van der Waals surface area contributed by atoms with Gasteiger partial charge in [0.2, 0.25) is 28.6 Å². The fourth-order valence-corrected chi connectivity index (χ4v) is 4.78. The van der Waals surface area contributed by atoms with Crippen molar-refractivity contribution in [1.82, 2.24) is 10.2 Å². The minimum absolute atomic E-state index is 0.0343. The molecule has 1 aliphatic rings. The van der Waals surface area contributed by atoms with Crippen molar-refractivity contribution in [2.45, 2.75) is 52.2 Å². The molecule has 2 amide bonds. The number of fused-ring (bicyclic) bond motifs is 1. The maximum Gasteiger partial charge on any atom is 0.244 e. The van der Waals surface area contributed by atoms with Gasteiger partial charge in [0.15, 0.2) is 11.5 Å². The number of nitrogens with one attached hydrogen (secondary N) is 1. The average molecular weight is 538 g/mol. The van der Waals surface area contributed by atoms with E-state index in [0.29, 0.717) is 22.9 Å². The van der Waals surface area contributed by atoms with Gasteiger partial charge in [-0.3, -0.25) is 13.9 Å². The van der Waals surface area contributed by atoms with Crippen LogP contribution in [0.2, 0.25) is 5.02 Å². The van der Waals surface area contributed by atoms with E-state index in [-0.39, 0.29) is 24.9 Å². The molecule has 0 saturated heterocycles. The summed E-state index contributed by atoms with van der Waals surface area (Å²) in [5.74, 6) is 0.0423. The van der Waals surface area contributed by atoms with Crippen LogP contribution >= 0.6 is 11.6 Å². The summed E-state index contributed by atoms with van der Waals surface area (Å²) < 4.78 is 37.2. The predicted octanol–water partition coefficient (Wildman–Crippen LogP) is 3.56. The summed E-state index contributed by atoms with van der Waals surface area (Å²) in [7, 11) is -3.85. The van der Waals surface area contributed by atoms with Crippen molar-refractivity contribution in [3.63, 3.8) is 0 Å². The van der Waals surface area contributed by atoms with Crippen LogP contribution in [0.4, 0.5) is 5.69 Å². The summed E-state index contributed by atoms with van der Waals surface area (Å²) in [6.07, 6.45) is 1.36. The van der Waals surface area contributed by atoms with Gasteiger partial charge in [-0.25, -0.2) is 8.42 Å². The Hall–Kier alpha value is -2.98. The van der Waals surface area contributed by atoms with Gasteiger partial charge in [0.05, 0.1) is 11.9 Å². The van der Waals surface area contributed by atoms with Crippen molar-refractivity contribution in [2.75, 3.05) is 23.9 Å². The van der Waals surface area contributed by atoms with Gasteiger partial charge in [-0.1, -0.05) is 30.7 Å². The highest BCUT2D eigenvalue weighted by atomic mass is 35.5. The molecule has 9 nitrogen and oxygen atoms in total. The molecule has 0 spiro atoms. The Labute approximate surface area is 217 Å². The molecular formula is C25H32ClN3O6S. The maximum atomic E-state index is 13.7. The van der Waals surface area contributed by atoms with Crippen LogP contribution in [-0.4, -0.2) is 56.3 Å². The van der Waals surface area contributed by atoms with Crippen molar-refractivity contribution in [3.8, 4) is 11.5 Å². The number of hydrogen-bond acceptors (Lipinski definition) is 6. The smallest absolute Gasteiger partial charge is 0.244 e. The normalized spacial score (nSPS) is 13.7. The molecule has 3 rings (SSSR count). The molecule has 11 heteroatoms. The van der Waals surface area contributed by atoms with Crippen molar-refractivity contribution in [2.24, 2.45) is 0 Å². The minimum Gasteiger partial charge on any atom is -0.454 e. The fourth-order valence-electron chi connectivity index (χ4n) is 3.81. The number of halogens is 1. The number of anilines is 1. The Morgan fingerprint density at radius 1 is 1.08 bits per heavy atom. The molecule has 1 atom stereocenters. The summed E-state index contributed by atoms with van der Waals surface area (Å²) in [5.41, 5.74) is 0.502. The lowest BCUT2D eigenvalue weighted by atomic mass is 10.1. The first-order chi connectivity index (χ1) is 16.8. The Bertz CT molecular complexity index is 1210. The first-order valence-corrected chi connectivity index (χ1v) is 13.7. The topological polar surface area (TPSA) is 105 Å². The van der Waals surface area contributed by atoms with Crippen molar-refractivity contribution in [1.29, 1.82) is 0 Å². The molecule has 0 radical (unpaired) electrons. The second-order valence-corrected chi connectivity index (χ2v) is 12.0. The zero-order valence-corrected chi connectivity index (χ0v) is 22.6. The summed E-state index contributed by atoms with van der Waals surface area (Å²) in [6, 6.07) is 10.8. The number of sulfonamides is 1. The number of carbonyl (C=O) groups excluding carboxylic acids is 2. The van der Waals surface area contributed by atoms with Gasteiger partial charge >= 0.3 is 0 Å². The first-order valence-electron chi connectivity index (χ1n) is 11.5. The SMILES string of the molecule is CC[C@H](C(=O)NC(C)(C)C)N(Cc1ccc(Cl)cc1)C(=O)CN(c1ccc2c(c1)OCO2)S(C)(=O)=O. The van der Waals surface area contributed by atoms with Crippen molar-refractivity contribution in [3.05, 3.63) is 53.1 Å². The Morgan fingerprint density at radius 2 is 1.72 bits per heavy atom. The van der Waals surface area contributed by atoms with Crippen LogP contribution in [0, 0.1) is 0 Å². The van der Waals surface area contributed by atoms with Gasteiger partial charge in [0, 0.05) is 23.2 Å². The molecule has 1 N–H and O–H groups in total. The number of benzene rings is 2. The van der Waals surface area contributed by atoms with E-state index in [0.717, 1.165) is 16.1 Å². The number of rotatable bonds is 9. The second-order valence-electron chi connectivity index (χ2n) is 9.62. The highest BCUT2D eigenvalue weighted by Crippen LogP contribution is 2.36. The van der Waals surface area contributed by atoms with Gasteiger partial charge in [0.1, 0.15) is 12.6 Å². The van der Waals surface area contributed by atoms with Crippen molar-refractivity contribution < 1.29 is 27.5 Å². The predicted molar refractivity (Wildman–Crippen MR) is 139 cm³/mol. The van der Waals surface area contributed by atoms with E-state index in [4.69, 9.17) is 21.1 Å². The minimum atomic E-state index is -3.85. The molecule has 0 aromatic heterocycles. The molecule has 0 fully saturated rings. The van der Waals surface area contributed by atoms with E-state index in [1.165, 1.54) is 11.0 Å². The van der Waals surface area contributed by atoms with Gasteiger partial charge in [-0.15, -0.1) is 0 Å². The highest BCUT2D eigenvalue weighted by Gasteiger charge is 2.33. The van der Waals surface area contributed by atoms with E-state index in [9.17, 15) is 18.0 Å². The van der Waals surface area contributed by atoms with Crippen LogP contribution in [0.1, 0.15) is 39.7 Å². The lowest BCUT2D eigenvalue weighted by Gasteiger charge is -2.34. The van der Waals surface area contributed by atoms with Gasteiger partial charge in [-0.2, -0.15) is 0 Å². The quantitative estimate of drug-likeness (QED) is 0.524. The molecule has 36 heavy (non-hydrogen) atoms. The molecule has 2 aromatic rings. The summed E-state index contributed by atoms with van der Waals surface area (Å²) in [4.78, 5) is 28.3. The van der Waals surface area contributed by atoms with Crippen LogP contribution in [0.25, 0.3) is 0 Å². The van der Waals surface area contributed by atoms with E-state index < -0.39 is 34.1 Å². The van der Waals surface area contributed by atoms with E-state index in [2.05, 4.69) is 5.32 Å². The molecule has 1 aliphatic heterocycles. The lowest BCUT2D eigenvalue weighted by Crippen LogP contribution is -2.55. The van der Waals surface area contributed by atoms with Gasteiger partial charge < -0.3 is 19.7 Å².